The van der Waals surface area contributed by atoms with Crippen LogP contribution in [0, 0.1) is 13.8 Å². The third-order valence-corrected chi connectivity index (χ3v) is 3.50. The first-order valence-electron chi connectivity index (χ1n) is 7.77. The summed E-state index contributed by atoms with van der Waals surface area (Å²) in [5.41, 5.74) is 6.62. The Hall–Kier alpha value is -2.41. The average molecular weight is 333 g/mol. The van der Waals surface area contributed by atoms with Crippen molar-refractivity contribution in [1.82, 2.24) is 10.9 Å². The molecule has 0 bridgehead atoms. The Bertz CT molecular complexity index is 679. The standard InChI is InChI=1S/C17H23N3O4/c1-10-6-7-11(2)13(8-10)20-14(21)9-12(15(20)22)18-19-16(23)24-17(3,4)5/h6-8,12,18H,9H2,1-5H3,(H,19,23). The van der Waals surface area contributed by atoms with E-state index >= 15 is 0 Å². The topological polar surface area (TPSA) is 87.7 Å². The Morgan fingerprint density at radius 2 is 1.92 bits per heavy atom. The van der Waals surface area contributed by atoms with Crippen molar-refractivity contribution in [1.29, 1.82) is 0 Å². The van der Waals surface area contributed by atoms with Crippen molar-refractivity contribution in [3.05, 3.63) is 29.3 Å². The molecule has 1 aliphatic heterocycles. The fourth-order valence-electron chi connectivity index (χ4n) is 2.41. The number of ether oxygens (including phenoxy) is 1. The molecule has 1 heterocycles. The van der Waals surface area contributed by atoms with Crippen molar-refractivity contribution in [2.45, 2.75) is 52.7 Å². The highest BCUT2D eigenvalue weighted by molar-refractivity contribution is 6.22. The Morgan fingerprint density at radius 3 is 2.54 bits per heavy atom. The van der Waals surface area contributed by atoms with Gasteiger partial charge in [0, 0.05) is 0 Å². The molecule has 1 fully saturated rings. The highest BCUT2D eigenvalue weighted by Crippen LogP contribution is 2.27. The molecule has 0 radical (unpaired) electrons. The van der Waals surface area contributed by atoms with Crippen molar-refractivity contribution >= 4 is 23.6 Å². The van der Waals surface area contributed by atoms with Gasteiger partial charge in [-0.25, -0.2) is 15.1 Å². The molecule has 1 unspecified atom stereocenters. The summed E-state index contributed by atoms with van der Waals surface area (Å²) in [7, 11) is 0. The molecule has 0 spiro atoms. The van der Waals surface area contributed by atoms with Crippen molar-refractivity contribution in [3.63, 3.8) is 0 Å². The van der Waals surface area contributed by atoms with E-state index in [2.05, 4.69) is 10.9 Å². The highest BCUT2D eigenvalue weighted by Gasteiger charge is 2.40. The summed E-state index contributed by atoms with van der Waals surface area (Å²) in [5.74, 6) is -0.707. The number of imide groups is 1. The van der Waals surface area contributed by atoms with E-state index in [1.807, 2.05) is 26.0 Å². The predicted octanol–water partition coefficient (Wildman–Crippen LogP) is 1.96. The molecule has 0 aliphatic carbocycles. The summed E-state index contributed by atoms with van der Waals surface area (Å²) < 4.78 is 5.08. The predicted molar refractivity (Wildman–Crippen MR) is 89.3 cm³/mol. The monoisotopic (exact) mass is 333 g/mol. The summed E-state index contributed by atoms with van der Waals surface area (Å²) in [5, 5.41) is 0. The molecule has 7 heteroatoms. The fourth-order valence-corrected chi connectivity index (χ4v) is 2.41. The molecule has 1 saturated heterocycles. The molecule has 130 valence electrons. The number of carbonyl (C=O) groups is 3. The molecule has 1 aromatic rings. The Kier molecular flexibility index (Phi) is 4.94. The molecule has 24 heavy (non-hydrogen) atoms. The van der Waals surface area contributed by atoms with Gasteiger partial charge in [0.2, 0.25) is 5.91 Å². The number of nitrogens with zero attached hydrogens (tertiary/aromatic N) is 1. The van der Waals surface area contributed by atoms with Gasteiger partial charge in [-0.2, -0.15) is 0 Å². The van der Waals surface area contributed by atoms with Crippen LogP contribution in [0.15, 0.2) is 18.2 Å². The van der Waals surface area contributed by atoms with Crippen molar-refractivity contribution in [2.75, 3.05) is 4.90 Å². The summed E-state index contributed by atoms with van der Waals surface area (Å²) in [6.07, 6.45) is -0.727. The Balaban J connectivity index is 2.06. The first-order valence-corrected chi connectivity index (χ1v) is 7.77. The van der Waals surface area contributed by atoms with Crippen LogP contribution in [0.5, 0.6) is 0 Å². The van der Waals surface area contributed by atoms with Gasteiger partial charge in [0.15, 0.2) is 0 Å². The number of rotatable bonds is 3. The SMILES string of the molecule is Cc1ccc(C)c(N2C(=O)CC(NNC(=O)OC(C)(C)C)C2=O)c1. The Labute approximate surface area is 141 Å². The van der Waals surface area contributed by atoms with Gasteiger partial charge in [0.25, 0.3) is 5.91 Å². The van der Waals surface area contributed by atoms with Crippen molar-refractivity contribution in [2.24, 2.45) is 0 Å². The van der Waals surface area contributed by atoms with Crippen LogP contribution >= 0.6 is 0 Å². The van der Waals surface area contributed by atoms with E-state index in [4.69, 9.17) is 4.74 Å². The second kappa shape index (κ2) is 6.60. The number of amides is 3. The van der Waals surface area contributed by atoms with Gasteiger partial charge < -0.3 is 4.74 Å². The largest absolute Gasteiger partial charge is 0.443 e. The number of hydrazine groups is 1. The summed E-state index contributed by atoms with van der Waals surface area (Å²) in [4.78, 5) is 37.6. The van der Waals surface area contributed by atoms with Gasteiger partial charge in [-0.3, -0.25) is 15.0 Å². The van der Waals surface area contributed by atoms with Gasteiger partial charge in [-0.05, 0) is 51.8 Å². The quantitative estimate of drug-likeness (QED) is 0.652. The van der Waals surface area contributed by atoms with Crippen molar-refractivity contribution in [3.8, 4) is 0 Å². The lowest BCUT2D eigenvalue weighted by Crippen LogP contribution is -2.49. The van der Waals surface area contributed by atoms with Gasteiger partial charge in [-0.15, -0.1) is 0 Å². The van der Waals surface area contributed by atoms with E-state index in [1.165, 1.54) is 0 Å². The van der Waals surface area contributed by atoms with Crippen LogP contribution in [-0.2, 0) is 14.3 Å². The molecule has 3 amide bonds. The number of hydrogen-bond donors (Lipinski definition) is 2. The number of aryl methyl sites for hydroxylation is 2. The molecule has 2 N–H and O–H groups in total. The van der Waals surface area contributed by atoms with Crippen LogP contribution in [0.3, 0.4) is 0 Å². The average Bonchev–Trinajstić information content (AvgIpc) is 2.72. The normalized spacial score (nSPS) is 18.0. The summed E-state index contributed by atoms with van der Waals surface area (Å²) in [6.45, 7) is 8.94. The maximum absolute atomic E-state index is 12.5. The zero-order valence-electron chi connectivity index (χ0n) is 14.6. The number of benzene rings is 1. The minimum Gasteiger partial charge on any atom is -0.443 e. The van der Waals surface area contributed by atoms with Crippen LogP contribution in [-0.4, -0.2) is 29.6 Å². The highest BCUT2D eigenvalue weighted by atomic mass is 16.6. The zero-order valence-corrected chi connectivity index (χ0v) is 14.6. The number of hydrogen-bond acceptors (Lipinski definition) is 5. The molecular formula is C17H23N3O4. The maximum Gasteiger partial charge on any atom is 0.422 e. The zero-order chi connectivity index (χ0) is 18.1. The Morgan fingerprint density at radius 1 is 1.25 bits per heavy atom. The second-order valence-corrected chi connectivity index (χ2v) is 6.89. The molecular weight excluding hydrogens is 310 g/mol. The third kappa shape index (κ3) is 4.11. The smallest absolute Gasteiger partial charge is 0.422 e. The second-order valence-electron chi connectivity index (χ2n) is 6.89. The van der Waals surface area contributed by atoms with Gasteiger partial charge in [-0.1, -0.05) is 12.1 Å². The lowest BCUT2D eigenvalue weighted by Gasteiger charge is -2.21. The minimum absolute atomic E-state index is 0.0258. The van der Waals surface area contributed by atoms with Gasteiger partial charge in [0.1, 0.15) is 11.6 Å². The fraction of sp³-hybridized carbons (Fsp3) is 0.471. The van der Waals surface area contributed by atoms with Gasteiger partial charge in [0.05, 0.1) is 12.1 Å². The van der Waals surface area contributed by atoms with E-state index in [-0.39, 0.29) is 12.3 Å². The molecule has 7 nitrogen and oxygen atoms in total. The van der Waals surface area contributed by atoms with Crippen LogP contribution in [0.1, 0.15) is 38.3 Å². The number of anilines is 1. The van der Waals surface area contributed by atoms with Gasteiger partial charge >= 0.3 is 6.09 Å². The molecule has 1 aliphatic rings. The van der Waals surface area contributed by atoms with E-state index < -0.39 is 23.6 Å². The lowest BCUT2D eigenvalue weighted by molar-refractivity contribution is -0.121. The van der Waals surface area contributed by atoms with Crippen LogP contribution in [0.2, 0.25) is 0 Å². The first kappa shape index (κ1) is 17.9. The molecule has 0 saturated carbocycles. The summed E-state index contributed by atoms with van der Waals surface area (Å²) in [6, 6.07) is 4.77. The van der Waals surface area contributed by atoms with E-state index in [0.29, 0.717) is 5.69 Å². The van der Waals surface area contributed by atoms with E-state index in [1.54, 1.807) is 26.8 Å². The number of nitrogens with one attached hydrogen (secondary N) is 2. The van der Waals surface area contributed by atoms with Crippen molar-refractivity contribution < 1.29 is 19.1 Å². The molecule has 2 rings (SSSR count). The summed E-state index contributed by atoms with van der Waals surface area (Å²) >= 11 is 0. The van der Waals surface area contributed by atoms with E-state index in [9.17, 15) is 14.4 Å². The number of carbonyl (C=O) groups excluding carboxylic acids is 3. The molecule has 1 aromatic carbocycles. The minimum atomic E-state index is -0.815. The molecule has 0 aromatic heterocycles. The third-order valence-electron chi connectivity index (χ3n) is 3.50. The van der Waals surface area contributed by atoms with Crippen LogP contribution < -0.4 is 15.8 Å². The molecule has 1 atom stereocenters. The maximum atomic E-state index is 12.5. The van der Waals surface area contributed by atoms with E-state index in [0.717, 1.165) is 16.0 Å². The first-order chi connectivity index (χ1) is 11.1. The van der Waals surface area contributed by atoms with Crippen LogP contribution in [0.4, 0.5) is 10.5 Å². The van der Waals surface area contributed by atoms with Crippen LogP contribution in [0.25, 0.3) is 0 Å². The lowest BCUT2D eigenvalue weighted by atomic mass is 10.1.